The molecule has 0 radical (unpaired) electrons. The highest BCUT2D eigenvalue weighted by Gasteiger charge is 2.21. The smallest absolute Gasteiger partial charge is 0.234 e. The van der Waals surface area contributed by atoms with E-state index in [0.29, 0.717) is 5.88 Å². The molecule has 2 aromatic rings. The van der Waals surface area contributed by atoms with Crippen LogP contribution in [0.2, 0.25) is 0 Å². The van der Waals surface area contributed by atoms with Crippen molar-refractivity contribution in [2.24, 2.45) is 0 Å². The number of rotatable bonds is 4. The normalized spacial score (nSPS) is 17.4. The number of nitrogens with one attached hydrogen (secondary N) is 1. The topological polar surface area (TPSA) is 47.0 Å². The number of hydrogen-bond donors (Lipinski definition) is 1. The summed E-state index contributed by atoms with van der Waals surface area (Å²) in [7, 11) is 0. The van der Waals surface area contributed by atoms with Gasteiger partial charge >= 0.3 is 0 Å². The average molecular weight is 269 g/mol. The lowest BCUT2D eigenvalue weighted by Crippen LogP contribution is -2.16. The molecule has 1 unspecified atom stereocenters. The highest BCUT2D eigenvalue weighted by molar-refractivity contribution is 5.34. The van der Waals surface area contributed by atoms with E-state index in [9.17, 15) is 0 Å². The molecular weight excluding hydrogens is 250 g/mol. The Morgan fingerprint density at radius 2 is 2.20 bits per heavy atom. The van der Waals surface area contributed by atoms with Gasteiger partial charge in [-0.1, -0.05) is 24.3 Å². The van der Waals surface area contributed by atoms with Crippen LogP contribution in [-0.4, -0.2) is 16.5 Å². The summed E-state index contributed by atoms with van der Waals surface area (Å²) in [6.45, 7) is 2.86. The van der Waals surface area contributed by atoms with Gasteiger partial charge in [-0.15, -0.1) is 0 Å². The van der Waals surface area contributed by atoms with Crippen molar-refractivity contribution >= 4 is 5.82 Å². The quantitative estimate of drug-likeness (QED) is 0.924. The van der Waals surface area contributed by atoms with E-state index in [4.69, 9.17) is 4.74 Å². The summed E-state index contributed by atoms with van der Waals surface area (Å²) in [6, 6.07) is 8.50. The first-order chi connectivity index (χ1) is 9.86. The van der Waals surface area contributed by atoms with E-state index in [2.05, 4.69) is 39.6 Å². The lowest BCUT2D eigenvalue weighted by molar-refractivity contribution is 0.175. The van der Waals surface area contributed by atoms with Crippen molar-refractivity contribution in [2.45, 2.75) is 32.3 Å². The number of nitrogens with zero attached hydrogens (tertiary/aromatic N) is 2. The number of ether oxygens (including phenoxy) is 1. The van der Waals surface area contributed by atoms with Gasteiger partial charge in [0.25, 0.3) is 0 Å². The van der Waals surface area contributed by atoms with Gasteiger partial charge < -0.3 is 10.1 Å². The fraction of sp³-hybridized carbons (Fsp3) is 0.375. The van der Waals surface area contributed by atoms with Crippen LogP contribution < -0.4 is 10.1 Å². The highest BCUT2D eigenvalue weighted by Crippen LogP contribution is 2.32. The summed E-state index contributed by atoms with van der Waals surface area (Å²) in [6.07, 6.45) is 6.81. The lowest BCUT2D eigenvalue weighted by atomic mass is 9.89. The minimum Gasteiger partial charge on any atom is -0.468 e. The molecular formula is C16H19N3O. The van der Waals surface area contributed by atoms with Gasteiger partial charge in [-0.2, -0.15) is 4.98 Å². The van der Waals surface area contributed by atoms with Crippen LogP contribution in [0, 0.1) is 0 Å². The fourth-order valence-corrected chi connectivity index (χ4v) is 2.65. The van der Waals surface area contributed by atoms with Crippen LogP contribution in [0.4, 0.5) is 5.82 Å². The number of benzene rings is 1. The van der Waals surface area contributed by atoms with E-state index in [1.807, 2.05) is 6.92 Å². The Labute approximate surface area is 119 Å². The predicted octanol–water partition coefficient (Wildman–Crippen LogP) is 3.36. The van der Waals surface area contributed by atoms with Crippen LogP contribution in [-0.2, 0) is 6.42 Å². The van der Waals surface area contributed by atoms with E-state index >= 15 is 0 Å². The van der Waals surface area contributed by atoms with Gasteiger partial charge in [0, 0.05) is 6.54 Å². The SMILES string of the molecule is CCNc1cncc(OC2CCCc3ccccc32)n1. The van der Waals surface area contributed by atoms with E-state index in [1.54, 1.807) is 12.4 Å². The van der Waals surface area contributed by atoms with Crippen molar-refractivity contribution in [3.63, 3.8) is 0 Å². The number of hydrogen-bond acceptors (Lipinski definition) is 4. The number of anilines is 1. The van der Waals surface area contributed by atoms with Crippen LogP contribution >= 0.6 is 0 Å². The molecule has 0 fully saturated rings. The van der Waals surface area contributed by atoms with Crippen molar-refractivity contribution in [1.82, 2.24) is 9.97 Å². The minimum atomic E-state index is 0.0890. The van der Waals surface area contributed by atoms with Crippen molar-refractivity contribution in [2.75, 3.05) is 11.9 Å². The zero-order valence-electron chi connectivity index (χ0n) is 11.7. The van der Waals surface area contributed by atoms with Gasteiger partial charge in [0.1, 0.15) is 11.9 Å². The van der Waals surface area contributed by atoms with Gasteiger partial charge in [-0.3, -0.25) is 4.98 Å². The van der Waals surface area contributed by atoms with Crippen LogP contribution in [0.1, 0.15) is 37.0 Å². The Balaban J connectivity index is 1.80. The molecule has 1 aliphatic rings. The largest absolute Gasteiger partial charge is 0.468 e. The Hall–Kier alpha value is -2.10. The molecule has 1 N–H and O–H groups in total. The van der Waals surface area contributed by atoms with E-state index in [1.165, 1.54) is 11.1 Å². The Kier molecular flexibility index (Phi) is 3.81. The summed E-state index contributed by atoms with van der Waals surface area (Å²) in [5.41, 5.74) is 2.67. The summed E-state index contributed by atoms with van der Waals surface area (Å²) < 4.78 is 6.06. The first-order valence-electron chi connectivity index (χ1n) is 7.17. The average Bonchev–Trinajstić information content (AvgIpc) is 2.48. The second kappa shape index (κ2) is 5.90. The van der Waals surface area contributed by atoms with Gasteiger partial charge in [0.15, 0.2) is 0 Å². The van der Waals surface area contributed by atoms with Crippen LogP contribution in [0.5, 0.6) is 5.88 Å². The Morgan fingerprint density at radius 1 is 1.30 bits per heavy atom. The second-order valence-electron chi connectivity index (χ2n) is 4.97. The number of aryl methyl sites for hydroxylation is 1. The molecule has 1 aliphatic carbocycles. The lowest BCUT2D eigenvalue weighted by Gasteiger charge is -2.25. The second-order valence-corrected chi connectivity index (χ2v) is 4.97. The number of aromatic nitrogens is 2. The Bertz CT molecular complexity index is 585. The van der Waals surface area contributed by atoms with Crippen LogP contribution in [0.25, 0.3) is 0 Å². The molecule has 0 saturated carbocycles. The third-order valence-electron chi connectivity index (χ3n) is 3.55. The first kappa shape index (κ1) is 12.9. The van der Waals surface area contributed by atoms with Crippen LogP contribution in [0.15, 0.2) is 36.7 Å². The fourth-order valence-electron chi connectivity index (χ4n) is 2.65. The van der Waals surface area contributed by atoms with E-state index in [0.717, 1.165) is 31.6 Å². The zero-order chi connectivity index (χ0) is 13.8. The van der Waals surface area contributed by atoms with Crippen molar-refractivity contribution in [3.05, 3.63) is 47.8 Å². The highest BCUT2D eigenvalue weighted by atomic mass is 16.5. The van der Waals surface area contributed by atoms with Crippen LogP contribution in [0.3, 0.4) is 0 Å². The maximum Gasteiger partial charge on any atom is 0.234 e. The molecule has 20 heavy (non-hydrogen) atoms. The van der Waals surface area contributed by atoms with Crippen molar-refractivity contribution in [3.8, 4) is 5.88 Å². The molecule has 1 aromatic heterocycles. The summed E-state index contributed by atoms with van der Waals surface area (Å²) in [5.74, 6) is 1.35. The third kappa shape index (κ3) is 2.74. The monoisotopic (exact) mass is 269 g/mol. The molecule has 0 aliphatic heterocycles. The molecule has 3 rings (SSSR count). The molecule has 104 valence electrons. The van der Waals surface area contributed by atoms with Crippen molar-refractivity contribution < 1.29 is 4.74 Å². The molecule has 0 bridgehead atoms. The molecule has 1 heterocycles. The van der Waals surface area contributed by atoms with Gasteiger partial charge in [-0.05, 0) is 37.3 Å². The van der Waals surface area contributed by atoms with E-state index < -0.39 is 0 Å². The minimum absolute atomic E-state index is 0.0890. The van der Waals surface area contributed by atoms with Gasteiger partial charge in [0.2, 0.25) is 5.88 Å². The first-order valence-corrected chi connectivity index (χ1v) is 7.17. The summed E-state index contributed by atoms with van der Waals surface area (Å²) >= 11 is 0. The molecule has 0 spiro atoms. The maximum absolute atomic E-state index is 6.06. The van der Waals surface area contributed by atoms with E-state index in [-0.39, 0.29) is 6.10 Å². The Morgan fingerprint density at radius 3 is 3.10 bits per heavy atom. The molecule has 4 nitrogen and oxygen atoms in total. The molecule has 4 heteroatoms. The standard InChI is InChI=1S/C16H19N3O/c1-2-18-15-10-17-11-16(19-15)20-14-9-5-7-12-6-3-4-8-13(12)14/h3-4,6,8,10-11,14H,2,5,7,9H2,1H3,(H,18,19). The third-order valence-corrected chi connectivity index (χ3v) is 3.55. The molecule has 0 amide bonds. The predicted molar refractivity (Wildman–Crippen MR) is 78.9 cm³/mol. The van der Waals surface area contributed by atoms with Gasteiger partial charge in [-0.25, -0.2) is 0 Å². The maximum atomic E-state index is 6.06. The summed E-state index contributed by atoms with van der Waals surface area (Å²) in [4.78, 5) is 8.61. The van der Waals surface area contributed by atoms with Gasteiger partial charge in [0.05, 0.1) is 12.4 Å². The summed E-state index contributed by atoms with van der Waals surface area (Å²) in [5, 5.41) is 3.15. The molecule has 1 atom stereocenters. The molecule has 0 saturated heterocycles. The van der Waals surface area contributed by atoms with Crippen molar-refractivity contribution in [1.29, 1.82) is 0 Å². The number of fused-ring (bicyclic) bond motifs is 1. The molecule has 1 aromatic carbocycles. The zero-order valence-corrected chi connectivity index (χ0v) is 11.7.